The molecule has 20 heavy (non-hydrogen) atoms. The van der Waals surface area contributed by atoms with Crippen molar-refractivity contribution in [1.29, 1.82) is 0 Å². The number of nitrogens with two attached hydrogens (primary N) is 1. The molecule has 2 aromatic rings. The Morgan fingerprint density at radius 2 is 2.00 bits per heavy atom. The summed E-state index contributed by atoms with van der Waals surface area (Å²) >= 11 is 1.64. The summed E-state index contributed by atoms with van der Waals surface area (Å²) in [7, 11) is 1.72. The first-order valence-electron chi connectivity index (χ1n) is 6.90. The number of methoxy groups -OCH3 is 1. The predicted molar refractivity (Wildman–Crippen MR) is 85.0 cm³/mol. The Morgan fingerprint density at radius 3 is 2.60 bits per heavy atom. The van der Waals surface area contributed by atoms with E-state index in [2.05, 4.69) is 41.6 Å². The molecule has 0 spiro atoms. The molecular weight excluding hydrogens is 268 g/mol. The number of hydrogen-bond acceptors (Lipinski definition) is 4. The van der Waals surface area contributed by atoms with Crippen LogP contribution >= 0.6 is 11.3 Å². The number of aromatic nitrogens is 1. The Morgan fingerprint density at radius 1 is 1.30 bits per heavy atom. The molecule has 1 unspecified atom stereocenters. The Bertz CT molecular complexity index is 546. The van der Waals surface area contributed by atoms with E-state index in [0.29, 0.717) is 0 Å². The van der Waals surface area contributed by atoms with E-state index in [-0.39, 0.29) is 5.54 Å². The van der Waals surface area contributed by atoms with Gasteiger partial charge >= 0.3 is 0 Å². The van der Waals surface area contributed by atoms with Gasteiger partial charge in [0.2, 0.25) is 0 Å². The molecule has 0 aliphatic heterocycles. The highest BCUT2D eigenvalue weighted by molar-refractivity contribution is 7.10. The predicted octanol–water partition coefficient (Wildman–Crippen LogP) is 3.58. The fourth-order valence-electron chi connectivity index (χ4n) is 1.88. The number of benzene rings is 1. The third kappa shape index (κ3) is 3.45. The van der Waals surface area contributed by atoms with Crippen molar-refractivity contribution in [2.75, 3.05) is 13.7 Å². The summed E-state index contributed by atoms with van der Waals surface area (Å²) in [6.07, 6.45) is 1.83. The van der Waals surface area contributed by atoms with Crippen LogP contribution in [-0.4, -0.2) is 18.7 Å². The van der Waals surface area contributed by atoms with Crippen LogP contribution in [0.15, 0.2) is 29.6 Å². The molecule has 0 amide bonds. The molecule has 1 atom stereocenters. The summed E-state index contributed by atoms with van der Waals surface area (Å²) in [5.74, 6) is 0. The van der Waals surface area contributed by atoms with E-state index in [0.717, 1.165) is 35.7 Å². The van der Waals surface area contributed by atoms with E-state index < -0.39 is 0 Å². The van der Waals surface area contributed by atoms with Gasteiger partial charge in [-0.25, -0.2) is 4.98 Å². The van der Waals surface area contributed by atoms with Crippen LogP contribution < -0.4 is 5.73 Å². The van der Waals surface area contributed by atoms with Crippen molar-refractivity contribution in [3.63, 3.8) is 0 Å². The molecule has 0 bridgehead atoms. The number of rotatable bonds is 6. The Labute approximate surface area is 124 Å². The second kappa shape index (κ2) is 6.48. The molecule has 4 heteroatoms. The normalized spacial score (nSPS) is 14.2. The van der Waals surface area contributed by atoms with Gasteiger partial charge in [0, 0.05) is 18.1 Å². The monoisotopic (exact) mass is 290 g/mol. The van der Waals surface area contributed by atoms with Crippen molar-refractivity contribution in [1.82, 2.24) is 4.98 Å². The zero-order valence-electron chi connectivity index (χ0n) is 12.3. The summed E-state index contributed by atoms with van der Waals surface area (Å²) in [5.41, 5.74) is 9.34. The van der Waals surface area contributed by atoms with Crippen molar-refractivity contribution >= 4 is 11.3 Å². The average molecular weight is 290 g/mol. The van der Waals surface area contributed by atoms with Crippen molar-refractivity contribution in [2.24, 2.45) is 5.73 Å². The van der Waals surface area contributed by atoms with E-state index in [1.54, 1.807) is 18.4 Å². The summed E-state index contributed by atoms with van der Waals surface area (Å²) in [6, 6.07) is 8.50. The average Bonchev–Trinajstić information content (AvgIpc) is 2.96. The van der Waals surface area contributed by atoms with E-state index in [4.69, 9.17) is 10.5 Å². The van der Waals surface area contributed by atoms with Crippen LogP contribution in [0.3, 0.4) is 0 Å². The molecule has 0 fully saturated rings. The summed E-state index contributed by atoms with van der Waals surface area (Å²) in [6.45, 7) is 4.87. The lowest BCUT2D eigenvalue weighted by Gasteiger charge is -2.18. The standard InChI is InChI=1S/C16H22N2OS/c1-4-16(2,17)15-18-14(11-20-15)13-7-5-12(6-8-13)9-10-19-3/h5-8,11H,4,9-10,17H2,1-3H3. The van der Waals surface area contributed by atoms with Crippen LogP contribution in [0.2, 0.25) is 0 Å². The van der Waals surface area contributed by atoms with Crippen LogP contribution in [0, 0.1) is 0 Å². The van der Waals surface area contributed by atoms with Crippen molar-refractivity contribution in [3.05, 3.63) is 40.2 Å². The van der Waals surface area contributed by atoms with Crippen LogP contribution in [0.25, 0.3) is 11.3 Å². The van der Waals surface area contributed by atoms with Gasteiger partial charge in [0.1, 0.15) is 5.01 Å². The Kier molecular flexibility index (Phi) is 4.91. The molecule has 1 heterocycles. The molecule has 0 aliphatic rings. The molecule has 0 aliphatic carbocycles. The fourth-order valence-corrected chi connectivity index (χ4v) is 2.86. The maximum atomic E-state index is 6.24. The zero-order chi connectivity index (χ0) is 14.6. The first-order chi connectivity index (χ1) is 9.56. The van der Waals surface area contributed by atoms with Crippen LogP contribution in [0.5, 0.6) is 0 Å². The molecule has 1 aromatic carbocycles. The van der Waals surface area contributed by atoms with Gasteiger partial charge in [-0.1, -0.05) is 31.2 Å². The van der Waals surface area contributed by atoms with Gasteiger partial charge in [-0.05, 0) is 25.3 Å². The molecule has 1 aromatic heterocycles. The topological polar surface area (TPSA) is 48.1 Å². The van der Waals surface area contributed by atoms with Gasteiger partial charge in [0.25, 0.3) is 0 Å². The molecular formula is C16H22N2OS. The summed E-state index contributed by atoms with van der Waals surface area (Å²) in [4.78, 5) is 4.68. The highest BCUT2D eigenvalue weighted by Crippen LogP contribution is 2.29. The van der Waals surface area contributed by atoms with Gasteiger partial charge in [-0.2, -0.15) is 0 Å². The van der Waals surface area contributed by atoms with E-state index in [1.807, 2.05) is 6.92 Å². The molecule has 3 nitrogen and oxygen atoms in total. The Balaban J connectivity index is 2.16. The summed E-state index contributed by atoms with van der Waals surface area (Å²) in [5, 5.41) is 3.08. The SMILES string of the molecule is CCC(C)(N)c1nc(-c2ccc(CCOC)cc2)cs1. The molecule has 0 radical (unpaired) electrons. The van der Waals surface area contributed by atoms with E-state index in [9.17, 15) is 0 Å². The number of hydrogen-bond donors (Lipinski definition) is 1. The van der Waals surface area contributed by atoms with Crippen molar-refractivity contribution in [2.45, 2.75) is 32.2 Å². The maximum Gasteiger partial charge on any atom is 0.113 e. The van der Waals surface area contributed by atoms with Crippen molar-refractivity contribution in [3.8, 4) is 11.3 Å². The van der Waals surface area contributed by atoms with Gasteiger partial charge < -0.3 is 10.5 Å². The first-order valence-corrected chi connectivity index (χ1v) is 7.78. The lowest BCUT2D eigenvalue weighted by Crippen LogP contribution is -2.31. The third-order valence-corrected chi connectivity index (χ3v) is 4.69. The molecule has 108 valence electrons. The van der Waals surface area contributed by atoms with Crippen molar-refractivity contribution < 1.29 is 4.74 Å². The minimum Gasteiger partial charge on any atom is -0.384 e. The quantitative estimate of drug-likeness (QED) is 0.884. The minimum absolute atomic E-state index is 0.332. The van der Waals surface area contributed by atoms with Gasteiger partial charge in [0.15, 0.2) is 0 Å². The van der Waals surface area contributed by atoms with Gasteiger partial charge in [0.05, 0.1) is 17.8 Å². The molecule has 2 rings (SSSR count). The second-order valence-corrected chi connectivity index (χ2v) is 6.11. The maximum absolute atomic E-state index is 6.24. The van der Waals surface area contributed by atoms with E-state index >= 15 is 0 Å². The fraction of sp³-hybridized carbons (Fsp3) is 0.438. The smallest absolute Gasteiger partial charge is 0.113 e. The molecule has 0 saturated heterocycles. The van der Waals surface area contributed by atoms with E-state index in [1.165, 1.54) is 5.56 Å². The lowest BCUT2D eigenvalue weighted by atomic mass is 10.0. The van der Waals surface area contributed by atoms with Gasteiger partial charge in [-0.3, -0.25) is 0 Å². The first kappa shape index (κ1) is 15.2. The lowest BCUT2D eigenvalue weighted by molar-refractivity contribution is 0.202. The van der Waals surface area contributed by atoms with Gasteiger partial charge in [-0.15, -0.1) is 11.3 Å². The minimum atomic E-state index is -0.332. The van der Waals surface area contributed by atoms with Crippen LogP contribution in [0.1, 0.15) is 30.8 Å². The molecule has 2 N–H and O–H groups in total. The highest BCUT2D eigenvalue weighted by atomic mass is 32.1. The third-order valence-electron chi connectivity index (χ3n) is 3.57. The Hall–Kier alpha value is -1.23. The largest absolute Gasteiger partial charge is 0.384 e. The highest BCUT2D eigenvalue weighted by Gasteiger charge is 2.22. The summed E-state index contributed by atoms with van der Waals surface area (Å²) < 4.78 is 5.09. The second-order valence-electron chi connectivity index (χ2n) is 5.25. The number of nitrogens with zero attached hydrogens (tertiary/aromatic N) is 1. The number of ether oxygens (including phenoxy) is 1. The zero-order valence-corrected chi connectivity index (χ0v) is 13.2. The van der Waals surface area contributed by atoms with Crippen LogP contribution in [0.4, 0.5) is 0 Å². The molecule has 0 saturated carbocycles. The number of thiazole rings is 1. The van der Waals surface area contributed by atoms with Crippen LogP contribution in [-0.2, 0) is 16.7 Å².